The standard InChI is InChI=1S/C34H32N2O6S/c1-19(2)23-9-11-24(12-10-23)28-27(30(38)32(39)36(28)34-35-21(4)31(43-34)33(40)41-5)29(37)25-13-15-26(16-14-25)42-18-22-8-6-7-20(3)17-22/h6-17,19,28,37H,18H2,1-5H3. The number of methoxy groups -OCH3 is 1. The molecule has 1 aliphatic rings. The summed E-state index contributed by atoms with van der Waals surface area (Å²) in [5.74, 6) is -1.72. The monoisotopic (exact) mass is 596 g/mol. The maximum absolute atomic E-state index is 13.5. The fourth-order valence-corrected chi connectivity index (χ4v) is 6.02. The van der Waals surface area contributed by atoms with E-state index in [4.69, 9.17) is 9.47 Å². The van der Waals surface area contributed by atoms with E-state index in [1.807, 2.05) is 55.5 Å². The van der Waals surface area contributed by atoms with Gasteiger partial charge in [-0.2, -0.15) is 0 Å². The topological polar surface area (TPSA) is 106 Å². The molecule has 1 atom stereocenters. The number of aryl methyl sites for hydroxylation is 2. The number of hydrogen-bond acceptors (Lipinski definition) is 8. The molecule has 0 bridgehead atoms. The van der Waals surface area contributed by atoms with Crippen molar-refractivity contribution >= 4 is 39.9 Å². The van der Waals surface area contributed by atoms with Gasteiger partial charge in [0.15, 0.2) is 5.13 Å². The first-order valence-electron chi connectivity index (χ1n) is 13.8. The summed E-state index contributed by atoms with van der Waals surface area (Å²) in [7, 11) is 1.27. The number of Topliss-reactive ketones (excluding diaryl/α,β-unsaturated/α-hetero) is 1. The van der Waals surface area contributed by atoms with Crippen molar-refractivity contribution in [1.82, 2.24) is 4.98 Å². The number of esters is 1. The van der Waals surface area contributed by atoms with E-state index < -0.39 is 23.7 Å². The van der Waals surface area contributed by atoms with Gasteiger partial charge in [0, 0.05) is 5.56 Å². The summed E-state index contributed by atoms with van der Waals surface area (Å²) >= 11 is 0.964. The number of anilines is 1. The molecule has 2 heterocycles. The second-order valence-electron chi connectivity index (χ2n) is 10.7. The summed E-state index contributed by atoms with van der Waals surface area (Å²) in [6.07, 6.45) is 0. The first-order chi connectivity index (χ1) is 20.6. The lowest BCUT2D eigenvalue weighted by molar-refractivity contribution is -0.132. The van der Waals surface area contributed by atoms with Crippen LogP contribution < -0.4 is 9.64 Å². The molecule has 4 aromatic rings. The molecule has 0 aliphatic carbocycles. The van der Waals surface area contributed by atoms with Crippen molar-refractivity contribution in [1.29, 1.82) is 0 Å². The maximum atomic E-state index is 13.5. The molecule has 1 N–H and O–H groups in total. The predicted molar refractivity (Wildman–Crippen MR) is 165 cm³/mol. The molecule has 1 amide bonds. The lowest BCUT2D eigenvalue weighted by Gasteiger charge is -2.23. The van der Waals surface area contributed by atoms with Crippen molar-refractivity contribution in [3.63, 3.8) is 0 Å². The molecule has 1 unspecified atom stereocenters. The smallest absolute Gasteiger partial charge is 0.350 e. The van der Waals surface area contributed by atoms with Gasteiger partial charge in [0.2, 0.25) is 0 Å². The van der Waals surface area contributed by atoms with Crippen LogP contribution in [-0.4, -0.2) is 34.9 Å². The number of aliphatic hydroxyl groups is 1. The average Bonchev–Trinajstić information content (AvgIpc) is 3.51. The Kier molecular flexibility index (Phi) is 8.45. The highest BCUT2D eigenvalue weighted by atomic mass is 32.1. The van der Waals surface area contributed by atoms with Gasteiger partial charge in [-0.3, -0.25) is 14.5 Å². The van der Waals surface area contributed by atoms with E-state index in [2.05, 4.69) is 18.8 Å². The summed E-state index contributed by atoms with van der Waals surface area (Å²) in [5.41, 5.74) is 4.54. The quantitative estimate of drug-likeness (QED) is 0.102. The van der Waals surface area contributed by atoms with Crippen LogP contribution in [0.15, 0.2) is 78.4 Å². The third-order valence-electron chi connectivity index (χ3n) is 7.34. The molecule has 0 radical (unpaired) electrons. The second kappa shape index (κ2) is 12.2. The number of aromatic nitrogens is 1. The number of aliphatic hydroxyl groups excluding tert-OH is 1. The molecule has 0 spiro atoms. The number of amides is 1. The van der Waals surface area contributed by atoms with Crippen molar-refractivity contribution < 1.29 is 29.0 Å². The zero-order chi connectivity index (χ0) is 30.8. The Labute approximate surface area is 254 Å². The first kappa shape index (κ1) is 29.7. The van der Waals surface area contributed by atoms with E-state index in [1.54, 1.807) is 31.2 Å². The molecule has 1 aromatic heterocycles. The molecule has 9 heteroatoms. The van der Waals surface area contributed by atoms with E-state index >= 15 is 0 Å². The lowest BCUT2D eigenvalue weighted by Crippen LogP contribution is -2.29. The van der Waals surface area contributed by atoms with Crippen molar-refractivity contribution in [3.05, 3.63) is 117 Å². The number of rotatable bonds is 8. The van der Waals surface area contributed by atoms with Gasteiger partial charge in [0.25, 0.3) is 5.78 Å². The van der Waals surface area contributed by atoms with Gasteiger partial charge in [-0.15, -0.1) is 0 Å². The molecule has 1 aliphatic heterocycles. The number of thiazole rings is 1. The molecular formula is C34H32N2O6S. The van der Waals surface area contributed by atoms with Crippen molar-refractivity contribution in [2.24, 2.45) is 0 Å². The summed E-state index contributed by atoms with van der Waals surface area (Å²) < 4.78 is 10.8. The minimum absolute atomic E-state index is 0.0665. The molecule has 1 saturated heterocycles. The minimum Gasteiger partial charge on any atom is -0.507 e. The number of ketones is 1. The van der Waals surface area contributed by atoms with E-state index in [1.165, 1.54) is 12.0 Å². The number of ether oxygens (including phenoxy) is 2. The fourth-order valence-electron chi connectivity index (χ4n) is 5.01. The van der Waals surface area contributed by atoms with Crippen molar-refractivity contribution in [2.45, 2.75) is 46.3 Å². The van der Waals surface area contributed by atoms with Crippen molar-refractivity contribution in [3.8, 4) is 5.75 Å². The van der Waals surface area contributed by atoms with Crippen LogP contribution in [0.5, 0.6) is 5.75 Å². The maximum Gasteiger partial charge on any atom is 0.350 e. The second-order valence-corrected chi connectivity index (χ2v) is 11.7. The lowest BCUT2D eigenvalue weighted by atomic mass is 9.93. The molecule has 43 heavy (non-hydrogen) atoms. The Hall–Kier alpha value is -4.76. The number of carbonyl (C=O) groups excluding carboxylic acids is 3. The zero-order valence-corrected chi connectivity index (χ0v) is 25.4. The van der Waals surface area contributed by atoms with Crippen LogP contribution in [0.3, 0.4) is 0 Å². The van der Waals surface area contributed by atoms with Gasteiger partial charge in [-0.1, -0.05) is 79.3 Å². The van der Waals surface area contributed by atoms with E-state index in [0.29, 0.717) is 29.2 Å². The van der Waals surface area contributed by atoms with Crippen LogP contribution in [0.2, 0.25) is 0 Å². The third-order valence-corrected chi connectivity index (χ3v) is 8.48. The Morgan fingerprint density at radius 2 is 1.72 bits per heavy atom. The number of carbonyl (C=O) groups is 3. The third kappa shape index (κ3) is 5.94. The SMILES string of the molecule is COC(=O)c1sc(N2C(=O)C(=O)C(=C(O)c3ccc(OCc4cccc(C)c4)cc3)C2c2ccc(C(C)C)cc2)nc1C. The molecule has 1 fully saturated rings. The van der Waals surface area contributed by atoms with E-state index in [0.717, 1.165) is 28.0 Å². The molecule has 0 saturated carbocycles. The Morgan fingerprint density at radius 3 is 2.35 bits per heavy atom. The van der Waals surface area contributed by atoms with E-state index in [-0.39, 0.29) is 27.3 Å². The molecule has 8 nitrogen and oxygen atoms in total. The highest BCUT2D eigenvalue weighted by Gasteiger charge is 2.48. The highest BCUT2D eigenvalue weighted by molar-refractivity contribution is 7.17. The Morgan fingerprint density at radius 1 is 1.02 bits per heavy atom. The van der Waals surface area contributed by atoms with Gasteiger partial charge in [0.1, 0.15) is 23.0 Å². The predicted octanol–water partition coefficient (Wildman–Crippen LogP) is 6.88. The summed E-state index contributed by atoms with van der Waals surface area (Å²) in [4.78, 5) is 45.3. The molecule has 3 aromatic carbocycles. The zero-order valence-electron chi connectivity index (χ0n) is 24.6. The first-order valence-corrected chi connectivity index (χ1v) is 14.7. The summed E-state index contributed by atoms with van der Waals surface area (Å²) in [5, 5.41) is 11.7. The Bertz CT molecular complexity index is 1720. The molecular weight excluding hydrogens is 564 g/mol. The van der Waals surface area contributed by atoms with Gasteiger partial charge < -0.3 is 14.6 Å². The van der Waals surface area contributed by atoms with Crippen LogP contribution in [0, 0.1) is 13.8 Å². The number of hydrogen-bond donors (Lipinski definition) is 1. The number of benzene rings is 3. The summed E-state index contributed by atoms with van der Waals surface area (Å²) in [6.45, 7) is 8.18. The van der Waals surface area contributed by atoms with Crippen LogP contribution in [0.1, 0.15) is 69.0 Å². The molecule has 5 rings (SSSR count). The number of nitrogens with zero attached hydrogens (tertiary/aromatic N) is 2. The van der Waals surface area contributed by atoms with Gasteiger partial charge in [0.05, 0.1) is 24.4 Å². The van der Waals surface area contributed by atoms with Gasteiger partial charge >= 0.3 is 11.9 Å². The minimum atomic E-state index is -0.963. The van der Waals surface area contributed by atoms with Gasteiger partial charge in [-0.05, 0) is 60.7 Å². The van der Waals surface area contributed by atoms with Crippen LogP contribution in [-0.2, 0) is 20.9 Å². The normalized spacial score (nSPS) is 16.1. The average molecular weight is 597 g/mol. The fraction of sp³-hybridized carbons (Fsp3) is 0.235. The van der Waals surface area contributed by atoms with Crippen LogP contribution in [0.4, 0.5) is 5.13 Å². The largest absolute Gasteiger partial charge is 0.507 e. The Balaban J connectivity index is 1.54. The van der Waals surface area contributed by atoms with Crippen LogP contribution >= 0.6 is 11.3 Å². The van der Waals surface area contributed by atoms with Crippen LogP contribution in [0.25, 0.3) is 5.76 Å². The summed E-state index contributed by atoms with van der Waals surface area (Å²) in [6, 6.07) is 21.3. The van der Waals surface area contributed by atoms with E-state index in [9.17, 15) is 19.5 Å². The van der Waals surface area contributed by atoms with Gasteiger partial charge in [-0.25, -0.2) is 9.78 Å². The molecule has 220 valence electrons. The van der Waals surface area contributed by atoms with Crippen molar-refractivity contribution in [2.75, 3.05) is 12.0 Å². The highest BCUT2D eigenvalue weighted by Crippen LogP contribution is 2.44.